The van der Waals surface area contributed by atoms with E-state index >= 15 is 0 Å². The van der Waals surface area contributed by atoms with Gasteiger partial charge in [-0.05, 0) is 44.7 Å². The molecule has 0 bridgehead atoms. The van der Waals surface area contributed by atoms with Crippen LogP contribution in [-0.4, -0.2) is 21.2 Å². The first kappa shape index (κ1) is 19.1. The van der Waals surface area contributed by atoms with Crippen LogP contribution in [0.2, 0.25) is 0 Å². The summed E-state index contributed by atoms with van der Waals surface area (Å²) in [5, 5.41) is 6.30. The Bertz CT molecular complexity index is 989. The highest BCUT2D eigenvalue weighted by atomic mass is 32.2. The number of hydrogen-bond donors (Lipinski definition) is 1. The maximum atomic E-state index is 12.8. The number of nitrogens with zero attached hydrogens (tertiary/aromatic N) is 2. The van der Waals surface area contributed by atoms with Crippen molar-refractivity contribution in [3.8, 4) is 0 Å². The fraction of sp³-hybridized carbons (Fsp3) is 0.389. The van der Waals surface area contributed by atoms with Gasteiger partial charge in [-0.2, -0.15) is 0 Å². The SMILES string of the molecule is CCn1c(SCC(=O)NC(C)c2cccs2)nc2sc(C)c(C)c2c1=O. The zero-order valence-corrected chi connectivity index (χ0v) is 17.6. The van der Waals surface area contributed by atoms with E-state index in [2.05, 4.69) is 10.3 Å². The van der Waals surface area contributed by atoms with Gasteiger partial charge >= 0.3 is 0 Å². The molecule has 0 aliphatic heterocycles. The minimum atomic E-state index is -0.0635. The Morgan fingerprint density at radius 3 is 2.85 bits per heavy atom. The molecule has 8 heteroatoms. The monoisotopic (exact) mass is 407 g/mol. The summed E-state index contributed by atoms with van der Waals surface area (Å²) >= 11 is 4.47. The molecule has 1 N–H and O–H groups in total. The van der Waals surface area contributed by atoms with Crippen molar-refractivity contribution in [2.24, 2.45) is 0 Å². The van der Waals surface area contributed by atoms with E-state index in [0.29, 0.717) is 17.1 Å². The lowest BCUT2D eigenvalue weighted by Crippen LogP contribution is -2.28. The lowest BCUT2D eigenvalue weighted by Gasteiger charge is -2.13. The Labute approximate surface area is 164 Å². The Morgan fingerprint density at radius 1 is 1.42 bits per heavy atom. The number of aryl methyl sites for hydroxylation is 2. The Hall–Kier alpha value is -1.64. The minimum Gasteiger partial charge on any atom is -0.348 e. The second-order valence-corrected chi connectivity index (χ2v) is 9.13. The Balaban J connectivity index is 1.78. The molecule has 0 saturated carbocycles. The molecule has 3 aromatic heterocycles. The summed E-state index contributed by atoms with van der Waals surface area (Å²) in [6.45, 7) is 8.39. The summed E-state index contributed by atoms with van der Waals surface area (Å²) in [7, 11) is 0. The van der Waals surface area contributed by atoms with Gasteiger partial charge in [0.2, 0.25) is 5.91 Å². The van der Waals surface area contributed by atoms with Crippen LogP contribution >= 0.6 is 34.4 Å². The van der Waals surface area contributed by atoms with Gasteiger partial charge in [0, 0.05) is 16.3 Å². The van der Waals surface area contributed by atoms with Crippen molar-refractivity contribution in [3.05, 3.63) is 43.2 Å². The van der Waals surface area contributed by atoms with Crippen LogP contribution < -0.4 is 10.9 Å². The zero-order valence-electron chi connectivity index (χ0n) is 15.2. The van der Waals surface area contributed by atoms with Crippen LogP contribution in [0, 0.1) is 13.8 Å². The molecule has 1 unspecified atom stereocenters. The first-order chi connectivity index (χ1) is 12.4. The summed E-state index contributed by atoms with van der Waals surface area (Å²) in [6.07, 6.45) is 0. The number of rotatable bonds is 6. The molecule has 3 heterocycles. The van der Waals surface area contributed by atoms with E-state index in [0.717, 1.165) is 20.1 Å². The number of aromatic nitrogens is 2. The van der Waals surface area contributed by atoms with Crippen molar-refractivity contribution >= 4 is 50.6 Å². The van der Waals surface area contributed by atoms with Crippen LogP contribution in [0.3, 0.4) is 0 Å². The molecule has 26 heavy (non-hydrogen) atoms. The third-order valence-corrected chi connectivity index (χ3v) is 7.38. The van der Waals surface area contributed by atoms with E-state index in [1.54, 1.807) is 15.9 Å². The molecule has 0 spiro atoms. The zero-order chi connectivity index (χ0) is 18.8. The number of fused-ring (bicyclic) bond motifs is 1. The molecular weight excluding hydrogens is 386 g/mol. The summed E-state index contributed by atoms with van der Waals surface area (Å²) < 4.78 is 1.65. The first-order valence-corrected chi connectivity index (χ1v) is 11.1. The summed E-state index contributed by atoms with van der Waals surface area (Å²) in [5.74, 6) is 0.170. The highest BCUT2D eigenvalue weighted by molar-refractivity contribution is 7.99. The largest absolute Gasteiger partial charge is 0.348 e. The number of thioether (sulfide) groups is 1. The van der Waals surface area contributed by atoms with Gasteiger partial charge in [0.05, 0.1) is 17.2 Å². The van der Waals surface area contributed by atoms with Gasteiger partial charge in [0.15, 0.2) is 5.16 Å². The molecule has 1 amide bonds. The molecule has 0 saturated heterocycles. The lowest BCUT2D eigenvalue weighted by atomic mass is 10.2. The highest BCUT2D eigenvalue weighted by Gasteiger charge is 2.17. The van der Waals surface area contributed by atoms with Crippen LogP contribution in [0.1, 0.15) is 35.2 Å². The van der Waals surface area contributed by atoms with Crippen LogP contribution in [0.5, 0.6) is 0 Å². The standard InChI is InChI=1S/C18H21N3O2S3/c1-5-21-17(23)15-10(2)12(4)26-16(15)20-18(21)25-9-14(22)19-11(3)13-7-6-8-24-13/h6-8,11H,5,9H2,1-4H3,(H,19,22). The predicted molar refractivity (Wildman–Crippen MR) is 111 cm³/mol. The van der Waals surface area contributed by atoms with Gasteiger partial charge in [0.1, 0.15) is 4.83 Å². The Kier molecular flexibility index (Phi) is 5.84. The molecule has 0 aliphatic rings. The average Bonchev–Trinajstić information content (AvgIpc) is 3.22. The molecule has 5 nitrogen and oxygen atoms in total. The van der Waals surface area contributed by atoms with Crippen molar-refractivity contribution in [1.29, 1.82) is 0 Å². The molecule has 3 aromatic rings. The number of carbonyl (C=O) groups is 1. The third kappa shape index (κ3) is 3.72. The van der Waals surface area contributed by atoms with E-state index in [4.69, 9.17) is 0 Å². The second-order valence-electron chi connectivity index (χ2n) is 6.00. The number of hydrogen-bond acceptors (Lipinski definition) is 6. The normalized spacial score (nSPS) is 12.5. The van der Waals surface area contributed by atoms with Gasteiger partial charge in [-0.1, -0.05) is 17.8 Å². The molecule has 0 fully saturated rings. The van der Waals surface area contributed by atoms with Crippen molar-refractivity contribution in [2.45, 2.75) is 45.4 Å². The van der Waals surface area contributed by atoms with Crippen LogP contribution in [0.4, 0.5) is 0 Å². The van der Waals surface area contributed by atoms with E-state index < -0.39 is 0 Å². The summed E-state index contributed by atoms with van der Waals surface area (Å²) in [6, 6.07) is 3.96. The molecule has 0 radical (unpaired) electrons. The smallest absolute Gasteiger partial charge is 0.263 e. The number of carbonyl (C=O) groups excluding carboxylic acids is 1. The van der Waals surface area contributed by atoms with Gasteiger partial charge in [-0.15, -0.1) is 22.7 Å². The van der Waals surface area contributed by atoms with Crippen LogP contribution in [0.15, 0.2) is 27.5 Å². The van der Waals surface area contributed by atoms with Crippen LogP contribution in [-0.2, 0) is 11.3 Å². The highest BCUT2D eigenvalue weighted by Crippen LogP contribution is 2.28. The molecule has 138 valence electrons. The quantitative estimate of drug-likeness (QED) is 0.493. The van der Waals surface area contributed by atoms with Gasteiger partial charge in [-0.25, -0.2) is 4.98 Å². The van der Waals surface area contributed by atoms with Crippen molar-refractivity contribution in [2.75, 3.05) is 5.75 Å². The lowest BCUT2D eigenvalue weighted by molar-refractivity contribution is -0.119. The van der Waals surface area contributed by atoms with Gasteiger partial charge in [-0.3, -0.25) is 14.2 Å². The van der Waals surface area contributed by atoms with Gasteiger partial charge in [0.25, 0.3) is 5.56 Å². The average molecular weight is 408 g/mol. The Morgan fingerprint density at radius 2 is 2.19 bits per heavy atom. The van der Waals surface area contributed by atoms with E-state index in [1.165, 1.54) is 23.1 Å². The van der Waals surface area contributed by atoms with E-state index in [9.17, 15) is 9.59 Å². The first-order valence-electron chi connectivity index (χ1n) is 8.38. The van der Waals surface area contributed by atoms with E-state index in [1.807, 2.05) is 45.2 Å². The maximum Gasteiger partial charge on any atom is 0.263 e. The predicted octanol–water partition coefficient (Wildman–Crippen LogP) is 4.13. The third-order valence-electron chi connectivity index (χ3n) is 4.25. The minimum absolute atomic E-state index is 0.0190. The van der Waals surface area contributed by atoms with Crippen molar-refractivity contribution in [1.82, 2.24) is 14.9 Å². The van der Waals surface area contributed by atoms with Crippen molar-refractivity contribution in [3.63, 3.8) is 0 Å². The number of thiophene rings is 2. The second kappa shape index (κ2) is 7.94. The molecule has 0 aromatic carbocycles. The molecule has 1 atom stereocenters. The summed E-state index contributed by atoms with van der Waals surface area (Å²) in [5.41, 5.74) is 0.984. The topological polar surface area (TPSA) is 64.0 Å². The van der Waals surface area contributed by atoms with E-state index in [-0.39, 0.29) is 23.3 Å². The summed E-state index contributed by atoms with van der Waals surface area (Å²) in [4.78, 5) is 32.7. The fourth-order valence-electron chi connectivity index (χ4n) is 2.72. The molecular formula is C18H21N3O2S3. The number of nitrogens with one attached hydrogen (secondary N) is 1. The van der Waals surface area contributed by atoms with Crippen molar-refractivity contribution < 1.29 is 4.79 Å². The van der Waals surface area contributed by atoms with Crippen LogP contribution in [0.25, 0.3) is 10.2 Å². The maximum absolute atomic E-state index is 12.8. The van der Waals surface area contributed by atoms with Gasteiger partial charge < -0.3 is 5.32 Å². The molecule has 0 aliphatic carbocycles. The molecule has 3 rings (SSSR count). The number of amides is 1. The fourth-order valence-corrected chi connectivity index (χ4v) is 5.40.